The molecule has 2 saturated heterocycles. The summed E-state index contributed by atoms with van der Waals surface area (Å²) in [5.74, 6) is 0.456. The Morgan fingerprint density at radius 3 is 2.43 bits per heavy atom. The number of esters is 1. The topological polar surface area (TPSA) is 63.2 Å². The molecule has 126 valence electrons. The fourth-order valence-electron chi connectivity index (χ4n) is 3.28. The van der Waals surface area contributed by atoms with Crippen molar-refractivity contribution in [3.63, 3.8) is 0 Å². The second-order valence-electron chi connectivity index (χ2n) is 5.72. The lowest BCUT2D eigenvalue weighted by Gasteiger charge is -2.35. The first-order chi connectivity index (χ1) is 11.2. The molecule has 3 rings (SSSR count). The molecule has 2 heterocycles. The second kappa shape index (κ2) is 6.86. The SMILES string of the molecule is COC(=O)C1(c2ccc(OC)c(C3OCCO3)c2)CCOCC1. The van der Waals surface area contributed by atoms with Crippen LogP contribution in [0.3, 0.4) is 0 Å². The molecule has 0 spiro atoms. The Kier molecular flexibility index (Phi) is 4.84. The Balaban J connectivity index is 2.02. The average Bonchev–Trinajstić information content (AvgIpc) is 3.15. The minimum absolute atomic E-state index is 0.231. The quantitative estimate of drug-likeness (QED) is 0.790. The molecule has 6 nitrogen and oxygen atoms in total. The van der Waals surface area contributed by atoms with E-state index in [0.717, 1.165) is 11.1 Å². The van der Waals surface area contributed by atoms with Crippen LogP contribution in [0.1, 0.15) is 30.3 Å². The molecule has 1 aromatic rings. The van der Waals surface area contributed by atoms with E-state index in [-0.39, 0.29) is 5.97 Å². The van der Waals surface area contributed by atoms with Crippen molar-refractivity contribution < 1.29 is 28.5 Å². The highest BCUT2D eigenvalue weighted by Gasteiger charge is 2.43. The van der Waals surface area contributed by atoms with Gasteiger partial charge in [0.15, 0.2) is 6.29 Å². The lowest BCUT2D eigenvalue weighted by Crippen LogP contribution is -2.42. The van der Waals surface area contributed by atoms with Gasteiger partial charge in [-0.25, -0.2) is 0 Å². The van der Waals surface area contributed by atoms with Crippen LogP contribution in [-0.2, 0) is 29.2 Å². The number of carbonyl (C=O) groups is 1. The Labute approximate surface area is 135 Å². The highest BCUT2D eigenvalue weighted by molar-refractivity contribution is 5.83. The zero-order chi connectivity index (χ0) is 16.3. The number of methoxy groups -OCH3 is 2. The maximum absolute atomic E-state index is 12.5. The number of benzene rings is 1. The van der Waals surface area contributed by atoms with Crippen LogP contribution in [0.5, 0.6) is 5.75 Å². The summed E-state index contributed by atoms with van der Waals surface area (Å²) in [5.41, 5.74) is 1.01. The van der Waals surface area contributed by atoms with Crippen LogP contribution in [-0.4, -0.2) is 46.6 Å². The van der Waals surface area contributed by atoms with Gasteiger partial charge in [0.25, 0.3) is 0 Å². The number of hydrogen-bond acceptors (Lipinski definition) is 6. The summed E-state index contributed by atoms with van der Waals surface area (Å²) < 4.78 is 27.1. The monoisotopic (exact) mass is 322 g/mol. The molecule has 0 radical (unpaired) electrons. The van der Waals surface area contributed by atoms with E-state index in [9.17, 15) is 4.79 Å². The Bertz CT molecular complexity index is 558. The van der Waals surface area contributed by atoms with E-state index >= 15 is 0 Å². The van der Waals surface area contributed by atoms with E-state index in [2.05, 4.69) is 0 Å². The molecule has 23 heavy (non-hydrogen) atoms. The second-order valence-corrected chi connectivity index (χ2v) is 5.72. The zero-order valence-electron chi connectivity index (χ0n) is 13.5. The van der Waals surface area contributed by atoms with Crippen molar-refractivity contribution in [1.29, 1.82) is 0 Å². The van der Waals surface area contributed by atoms with Gasteiger partial charge in [0.05, 0.1) is 38.4 Å². The number of rotatable bonds is 4. The largest absolute Gasteiger partial charge is 0.496 e. The smallest absolute Gasteiger partial charge is 0.316 e. The maximum atomic E-state index is 12.5. The summed E-state index contributed by atoms with van der Waals surface area (Å²) in [5, 5.41) is 0. The molecular formula is C17H22O6. The zero-order valence-corrected chi connectivity index (χ0v) is 13.5. The van der Waals surface area contributed by atoms with Gasteiger partial charge in [0, 0.05) is 13.2 Å². The van der Waals surface area contributed by atoms with Crippen molar-refractivity contribution in [2.24, 2.45) is 0 Å². The van der Waals surface area contributed by atoms with Gasteiger partial charge in [-0.05, 0) is 30.5 Å². The van der Waals surface area contributed by atoms with Crippen molar-refractivity contribution in [1.82, 2.24) is 0 Å². The van der Waals surface area contributed by atoms with Crippen LogP contribution in [0.15, 0.2) is 18.2 Å². The molecule has 0 unspecified atom stereocenters. The number of carbonyl (C=O) groups excluding carboxylic acids is 1. The van der Waals surface area contributed by atoms with Crippen LogP contribution < -0.4 is 4.74 Å². The summed E-state index contributed by atoms with van der Waals surface area (Å²) in [6, 6.07) is 5.71. The van der Waals surface area contributed by atoms with Crippen LogP contribution >= 0.6 is 0 Å². The van der Waals surface area contributed by atoms with Crippen LogP contribution in [0.2, 0.25) is 0 Å². The molecule has 0 saturated carbocycles. The molecule has 2 aliphatic heterocycles. The van der Waals surface area contributed by atoms with Crippen LogP contribution in [0, 0.1) is 0 Å². The minimum Gasteiger partial charge on any atom is -0.496 e. The van der Waals surface area contributed by atoms with E-state index in [0.29, 0.717) is 45.0 Å². The van der Waals surface area contributed by atoms with E-state index in [1.54, 1.807) is 7.11 Å². The van der Waals surface area contributed by atoms with E-state index in [1.165, 1.54) is 7.11 Å². The van der Waals surface area contributed by atoms with Gasteiger partial charge in [0.1, 0.15) is 5.75 Å². The van der Waals surface area contributed by atoms with Gasteiger partial charge >= 0.3 is 5.97 Å². The standard InChI is InChI=1S/C17H22O6/c1-19-14-4-3-12(11-13(14)15-22-9-10-23-15)17(16(18)20-2)5-7-21-8-6-17/h3-4,11,15H,5-10H2,1-2H3. The maximum Gasteiger partial charge on any atom is 0.316 e. The normalized spacial score (nSPS) is 21.1. The molecule has 0 atom stereocenters. The lowest BCUT2D eigenvalue weighted by atomic mass is 9.73. The fourth-order valence-corrected chi connectivity index (χ4v) is 3.28. The van der Waals surface area contributed by atoms with Crippen molar-refractivity contribution in [3.8, 4) is 5.75 Å². The van der Waals surface area contributed by atoms with Crippen molar-refractivity contribution >= 4 is 5.97 Å². The molecule has 1 aromatic carbocycles. The summed E-state index contributed by atoms with van der Waals surface area (Å²) >= 11 is 0. The van der Waals surface area contributed by atoms with Crippen molar-refractivity contribution in [2.75, 3.05) is 40.6 Å². The van der Waals surface area contributed by atoms with Gasteiger partial charge in [-0.1, -0.05) is 6.07 Å². The molecule has 2 aliphatic rings. The first-order valence-corrected chi connectivity index (χ1v) is 7.79. The third-order valence-corrected chi connectivity index (χ3v) is 4.58. The summed E-state index contributed by atoms with van der Waals surface area (Å²) in [7, 11) is 3.03. The minimum atomic E-state index is -0.688. The predicted molar refractivity (Wildman–Crippen MR) is 81.4 cm³/mol. The number of ether oxygens (including phenoxy) is 5. The highest BCUT2D eigenvalue weighted by atomic mass is 16.7. The van der Waals surface area contributed by atoms with Gasteiger partial charge < -0.3 is 23.7 Å². The average molecular weight is 322 g/mol. The molecule has 0 bridgehead atoms. The highest BCUT2D eigenvalue weighted by Crippen LogP contribution is 2.40. The molecule has 0 amide bonds. The molecule has 0 aliphatic carbocycles. The Morgan fingerprint density at radius 1 is 1.13 bits per heavy atom. The van der Waals surface area contributed by atoms with Gasteiger partial charge in [-0.2, -0.15) is 0 Å². The first kappa shape index (κ1) is 16.2. The summed E-state index contributed by atoms with van der Waals surface area (Å²) in [6.45, 7) is 2.17. The molecule has 0 aromatic heterocycles. The van der Waals surface area contributed by atoms with Crippen LogP contribution in [0.25, 0.3) is 0 Å². The first-order valence-electron chi connectivity index (χ1n) is 7.79. The third kappa shape index (κ3) is 2.94. The summed E-state index contributed by atoms with van der Waals surface area (Å²) in [4.78, 5) is 12.5. The van der Waals surface area contributed by atoms with E-state index in [1.807, 2.05) is 18.2 Å². The molecule has 2 fully saturated rings. The van der Waals surface area contributed by atoms with Gasteiger partial charge in [0.2, 0.25) is 0 Å². The summed E-state index contributed by atoms with van der Waals surface area (Å²) in [6.07, 6.45) is 0.731. The molecular weight excluding hydrogens is 300 g/mol. The Morgan fingerprint density at radius 2 is 1.83 bits per heavy atom. The fraction of sp³-hybridized carbons (Fsp3) is 0.588. The molecule has 6 heteroatoms. The van der Waals surface area contributed by atoms with E-state index < -0.39 is 11.7 Å². The van der Waals surface area contributed by atoms with Crippen LogP contribution in [0.4, 0.5) is 0 Å². The number of hydrogen-bond donors (Lipinski definition) is 0. The third-order valence-electron chi connectivity index (χ3n) is 4.58. The van der Waals surface area contributed by atoms with Crippen molar-refractivity contribution in [2.45, 2.75) is 24.5 Å². The predicted octanol–water partition coefficient (Wildman–Crippen LogP) is 1.96. The van der Waals surface area contributed by atoms with Gasteiger partial charge in [-0.15, -0.1) is 0 Å². The van der Waals surface area contributed by atoms with Gasteiger partial charge in [-0.3, -0.25) is 4.79 Å². The Hall–Kier alpha value is -1.63. The van der Waals surface area contributed by atoms with E-state index in [4.69, 9.17) is 23.7 Å². The lowest BCUT2D eigenvalue weighted by molar-refractivity contribution is -0.151. The van der Waals surface area contributed by atoms with Crippen molar-refractivity contribution in [3.05, 3.63) is 29.3 Å². The molecule has 0 N–H and O–H groups in total.